The topological polar surface area (TPSA) is 66.4 Å². The second-order valence-electron chi connectivity index (χ2n) is 4.15. The molecule has 96 valence electrons. The average molecular weight is 296 g/mol. The van der Waals surface area contributed by atoms with E-state index in [1.807, 2.05) is 0 Å². The molecule has 1 atom stereocenters. The largest absolute Gasteiger partial charge is 0.393 e. The lowest BCUT2D eigenvalue weighted by molar-refractivity contribution is 0.143. The van der Waals surface area contributed by atoms with Gasteiger partial charge >= 0.3 is 0 Å². The molecule has 1 aliphatic carbocycles. The number of thiophene rings is 1. The number of halogens is 1. The molecule has 0 saturated heterocycles. The Labute approximate surface area is 110 Å². The molecule has 0 aliphatic heterocycles. The highest BCUT2D eigenvalue weighted by Gasteiger charge is 2.29. The Morgan fingerprint density at radius 1 is 1.53 bits per heavy atom. The quantitative estimate of drug-likeness (QED) is 0.841. The van der Waals surface area contributed by atoms with Crippen molar-refractivity contribution in [3.63, 3.8) is 0 Å². The fourth-order valence-corrected chi connectivity index (χ4v) is 4.15. The van der Waals surface area contributed by atoms with Crippen molar-refractivity contribution in [2.45, 2.75) is 29.6 Å². The van der Waals surface area contributed by atoms with Gasteiger partial charge in [-0.15, -0.1) is 11.3 Å². The molecule has 1 aromatic rings. The van der Waals surface area contributed by atoms with Crippen molar-refractivity contribution in [3.05, 3.63) is 16.5 Å². The number of nitrogens with one attached hydrogen (secondary N) is 1. The predicted octanol–water partition coefficient (Wildman–Crippen LogP) is 1.84. The molecule has 1 aromatic heterocycles. The van der Waals surface area contributed by atoms with Crippen LogP contribution in [0.1, 0.15) is 19.3 Å². The number of sulfonamides is 1. The van der Waals surface area contributed by atoms with E-state index in [1.54, 1.807) is 6.07 Å². The van der Waals surface area contributed by atoms with E-state index in [0.717, 1.165) is 24.2 Å². The molecule has 2 N–H and O–H groups in total. The summed E-state index contributed by atoms with van der Waals surface area (Å²) in [5.74, 6) is 0.371. The number of aliphatic hydroxyl groups is 1. The predicted molar refractivity (Wildman–Crippen MR) is 67.9 cm³/mol. The smallest absolute Gasteiger partial charge is 0.250 e. The fourth-order valence-electron chi connectivity index (χ4n) is 1.57. The number of rotatable bonds is 6. The Bertz CT molecular complexity index is 481. The lowest BCUT2D eigenvalue weighted by atomic mass is 10.2. The van der Waals surface area contributed by atoms with Crippen LogP contribution in [0, 0.1) is 5.92 Å². The van der Waals surface area contributed by atoms with Gasteiger partial charge in [0.15, 0.2) is 0 Å². The van der Waals surface area contributed by atoms with Crippen LogP contribution in [0.2, 0.25) is 4.34 Å². The van der Waals surface area contributed by atoms with Gasteiger partial charge in [0.1, 0.15) is 4.21 Å². The van der Waals surface area contributed by atoms with Gasteiger partial charge < -0.3 is 5.11 Å². The van der Waals surface area contributed by atoms with Gasteiger partial charge in [0.05, 0.1) is 10.4 Å². The summed E-state index contributed by atoms with van der Waals surface area (Å²) in [5, 5.41) is 9.61. The zero-order valence-electron chi connectivity index (χ0n) is 9.10. The molecule has 0 aromatic carbocycles. The van der Waals surface area contributed by atoms with Gasteiger partial charge in [-0.1, -0.05) is 11.6 Å². The van der Waals surface area contributed by atoms with Gasteiger partial charge in [0, 0.05) is 6.54 Å². The van der Waals surface area contributed by atoms with E-state index in [2.05, 4.69) is 4.72 Å². The lowest BCUT2D eigenvalue weighted by Crippen LogP contribution is -2.27. The molecular weight excluding hydrogens is 282 g/mol. The molecule has 2 rings (SSSR count). The molecule has 1 heterocycles. The molecule has 17 heavy (non-hydrogen) atoms. The van der Waals surface area contributed by atoms with E-state index in [1.165, 1.54) is 6.07 Å². The first-order chi connectivity index (χ1) is 7.99. The third kappa shape index (κ3) is 3.66. The third-order valence-electron chi connectivity index (χ3n) is 2.71. The van der Waals surface area contributed by atoms with Gasteiger partial charge in [-0.2, -0.15) is 0 Å². The fraction of sp³-hybridized carbons (Fsp3) is 0.600. The van der Waals surface area contributed by atoms with Crippen molar-refractivity contribution in [2.75, 3.05) is 6.54 Å². The Morgan fingerprint density at radius 3 is 2.76 bits per heavy atom. The highest BCUT2D eigenvalue weighted by molar-refractivity contribution is 7.91. The first-order valence-corrected chi connectivity index (χ1v) is 8.10. The number of hydrogen-bond donors (Lipinski definition) is 2. The van der Waals surface area contributed by atoms with Crippen molar-refractivity contribution >= 4 is 33.0 Å². The Hall–Kier alpha value is -0.140. The van der Waals surface area contributed by atoms with Gasteiger partial charge in [-0.05, 0) is 37.3 Å². The van der Waals surface area contributed by atoms with Crippen molar-refractivity contribution in [2.24, 2.45) is 5.92 Å². The van der Waals surface area contributed by atoms with Gasteiger partial charge in [0.25, 0.3) is 0 Å². The van der Waals surface area contributed by atoms with Crippen LogP contribution in [0.15, 0.2) is 16.3 Å². The first-order valence-electron chi connectivity index (χ1n) is 5.42. The lowest BCUT2D eigenvalue weighted by Gasteiger charge is -2.09. The van der Waals surface area contributed by atoms with Crippen molar-refractivity contribution < 1.29 is 13.5 Å². The zero-order valence-corrected chi connectivity index (χ0v) is 11.5. The van der Waals surface area contributed by atoms with Crippen LogP contribution < -0.4 is 4.72 Å². The maximum atomic E-state index is 11.8. The molecule has 0 radical (unpaired) electrons. The second-order valence-corrected chi connectivity index (χ2v) is 7.86. The minimum absolute atomic E-state index is 0.211. The van der Waals surface area contributed by atoms with E-state index in [0.29, 0.717) is 16.7 Å². The summed E-state index contributed by atoms with van der Waals surface area (Å²) in [6.45, 7) is 0.259. The van der Waals surface area contributed by atoms with E-state index < -0.39 is 10.0 Å². The first kappa shape index (κ1) is 13.3. The standard InChI is InChI=1S/C10H14ClNO3S2/c11-9-3-4-10(16-9)17(14,15)12-6-5-8(13)7-1-2-7/h3-4,7-8,12-13H,1-2,5-6H2/t8-/m0/s1. The monoisotopic (exact) mass is 295 g/mol. The zero-order chi connectivity index (χ0) is 12.5. The van der Waals surface area contributed by atoms with Crippen molar-refractivity contribution in [3.8, 4) is 0 Å². The summed E-state index contributed by atoms with van der Waals surface area (Å²) in [4.78, 5) is 0. The average Bonchev–Trinajstić information content (AvgIpc) is 3.01. The summed E-state index contributed by atoms with van der Waals surface area (Å²) in [5.41, 5.74) is 0. The van der Waals surface area contributed by atoms with Gasteiger partial charge in [0.2, 0.25) is 10.0 Å². The van der Waals surface area contributed by atoms with Crippen molar-refractivity contribution in [1.29, 1.82) is 0 Å². The normalized spacial score (nSPS) is 18.2. The molecular formula is C10H14ClNO3S2. The Kier molecular flexibility index (Phi) is 4.10. The molecule has 7 heteroatoms. The minimum atomic E-state index is -3.47. The van der Waals surface area contributed by atoms with Crippen molar-refractivity contribution in [1.82, 2.24) is 4.72 Å². The molecule has 0 amide bonds. The van der Waals surface area contributed by atoms with Gasteiger partial charge in [-0.3, -0.25) is 0 Å². The molecule has 0 spiro atoms. The maximum Gasteiger partial charge on any atom is 0.250 e. The summed E-state index contributed by atoms with van der Waals surface area (Å²) < 4.78 is 26.7. The van der Waals surface area contributed by atoms with Crippen LogP contribution >= 0.6 is 22.9 Å². The van der Waals surface area contributed by atoms with Crippen LogP contribution in [0.3, 0.4) is 0 Å². The van der Waals surface area contributed by atoms with Crippen LogP contribution in [0.4, 0.5) is 0 Å². The van der Waals surface area contributed by atoms with E-state index in [-0.39, 0.29) is 16.9 Å². The van der Waals surface area contributed by atoms with E-state index in [4.69, 9.17) is 11.6 Å². The second kappa shape index (κ2) is 5.24. The summed E-state index contributed by atoms with van der Waals surface area (Å²) in [6, 6.07) is 3.03. The number of aliphatic hydroxyl groups excluding tert-OH is 1. The van der Waals surface area contributed by atoms with Crippen LogP contribution in [-0.2, 0) is 10.0 Å². The minimum Gasteiger partial charge on any atom is -0.393 e. The molecule has 4 nitrogen and oxygen atoms in total. The Morgan fingerprint density at radius 2 is 2.24 bits per heavy atom. The molecule has 1 saturated carbocycles. The number of hydrogen-bond acceptors (Lipinski definition) is 4. The van der Waals surface area contributed by atoms with Crippen LogP contribution in [0.5, 0.6) is 0 Å². The molecule has 1 aliphatic rings. The van der Waals surface area contributed by atoms with Crippen LogP contribution in [0.25, 0.3) is 0 Å². The SMILES string of the molecule is O=S(=O)(NCC[C@H](O)C1CC1)c1ccc(Cl)s1. The summed E-state index contributed by atoms with van der Waals surface area (Å²) in [7, 11) is -3.47. The van der Waals surface area contributed by atoms with E-state index >= 15 is 0 Å². The van der Waals surface area contributed by atoms with Gasteiger partial charge in [-0.25, -0.2) is 13.1 Å². The van der Waals surface area contributed by atoms with Crippen LogP contribution in [-0.4, -0.2) is 26.2 Å². The highest BCUT2D eigenvalue weighted by atomic mass is 35.5. The molecule has 1 fully saturated rings. The third-order valence-corrected chi connectivity index (χ3v) is 5.90. The maximum absolute atomic E-state index is 11.8. The molecule has 0 bridgehead atoms. The summed E-state index contributed by atoms with van der Waals surface area (Å²) in [6.07, 6.45) is 2.18. The Balaban J connectivity index is 1.85. The highest BCUT2D eigenvalue weighted by Crippen LogP contribution is 2.33. The molecule has 0 unspecified atom stereocenters. The summed E-state index contributed by atoms with van der Waals surface area (Å²) >= 11 is 6.71. The van der Waals surface area contributed by atoms with E-state index in [9.17, 15) is 13.5 Å².